The van der Waals surface area contributed by atoms with Crippen LogP contribution < -0.4 is 15.4 Å². The lowest BCUT2D eigenvalue weighted by molar-refractivity contribution is -0.125. The van der Waals surface area contributed by atoms with E-state index in [-0.39, 0.29) is 12.4 Å². The Morgan fingerprint density at radius 3 is 2.87 bits per heavy atom. The number of pyridine rings is 1. The Bertz CT molecular complexity index is 1230. The number of carbonyl (C=O) groups excluding carboxylic acids is 2. The average Bonchev–Trinajstić information content (AvgIpc) is 3.36. The molecule has 0 saturated carbocycles. The maximum absolute atomic E-state index is 12.9. The second kappa shape index (κ2) is 6.31. The van der Waals surface area contributed by atoms with Crippen LogP contribution >= 0.6 is 0 Å². The third-order valence-corrected chi connectivity index (χ3v) is 5.58. The normalized spacial score (nSPS) is 20.5. The molecular formula is C21H19N5O4. The first-order valence-corrected chi connectivity index (χ1v) is 9.41. The molecule has 3 aromatic rings. The van der Waals surface area contributed by atoms with Crippen LogP contribution in [-0.4, -0.2) is 41.3 Å². The SMILES string of the molecule is COc1ccc2c(c1)C(=N)N(C[C@@]1(c3cc4cc(C)ncc4o3)NC(=O)NC1=O)C2. The summed E-state index contributed by atoms with van der Waals surface area (Å²) in [4.78, 5) is 31.0. The molecule has 0 spiro atoms. The van der Waals surface area contributed by atoms with Crippen LogP contribution in [0.15, 0.2) is 40.9 Å². The van der Waals surface area contributed by atoms with Crippen molar-refractivity contribution in [2.45, 2.75) is 19.0 Å². The molecule has 1 atom stereocenters. The molecular weight excluding hydrogens is 386 g/mol. The first-order chi connectivity index (χ1) is 14.4. The Morgan fingerprint density at radius 1 is 1.30 bits per heavy atom. The van der Waals surface area contributed by atoms with E-state index in [1.165, 1.54) is 0 Å². The second-order valence-corrected chi connectivity index (χ2v) is 7.52. The summed E-state index contributed by atoms with van der Waals surface area (Å²) in [7, 11) is 1.57. The molecule has 4 heterocycles. The maximum Gasteiger partial charge on any atom is 0.322 e. The Labute approximate surface area is 171 Å². The van der Waals surface area contributed by atoms with Crippen molar-refractivity contribution in [2.75, 3.05) is 13.7 Å². The number of rotatable bonds is 4. The predicted octanol–water partition coefficient (Wildman–Crippen LogP) is 2.02. The molecule has 2 aliphatic rings. The van der Waals surface area contributed by atoms with Gasteiger partial charge in [-0.05, 0) is 36.8 Å². The van der Waals surface area contributed by atoms with Gasteiger partial charge in [0.1, 0.15) is 17.3 Å². The molecule has 0 aliphatic carbocycles. The summed E-state index contributed by atoms with van der Waals surface area (Å²) in [5.41, 5.74) is 1.56. The van der Waals surface area contributed by atoms with Gasteiger partial charge in [0, 0.05) is 23.2 Å². The number of furan rings is 1. The molecule has 9 heteroatoms. The first-order valence-electron chi connectivity index (χ1n) is 9.41. The van der Waals surface area contributed by atoms with Gasteiger partial charge >= 0.3 is 6.03 Å². The number of carbonyl (C=O) groups is 2. The van der Waals surface area contributed by atoms with Crippen LogP contribution in [0.25, 0.3) is 11.0 Å². The highest BCUT2D eigenvalue weighted by molar-refractivity contribution is 6.08. The van der Waals surface area contributed by atoms with Crippen molar-refractivity contribution in [3.8, 4) is 5.75 Å². The third-order valence-electron chi connectivity index (χ3n) is 5.58. The van der Waals surface area contributed by atoms with E-state index in [4.69, 9.17) is 14.6 Å². The Morgan fingerprint density at radius 2 is 2.13 bits per heavy atom. The molecule has 0 radical (unpaired) electrons. The van der Waals surface area contributed by atoms with E-state index in [1.807, 2.05) is 25.1 Å². The number of imide groups is 1. The van der Waals surface area contributed by atoms with Crippen molar-refractivity contribution < 1.29 is 18.7 Å². The Hall–Kier alpha value is -3.88. The van der Waals surface area contributed by atoms with Gasteiger partial charge in [-0.25, -0.2) is 4.79 Å². The number of aryl methyl sites for hydroxylation is 1. The number of nitrogens with zero attached hydrogens (tertiary/aromatic N) is 2. The summed E-state index contributed by atoms with van der Waals surface area (Å²) < 4.78 is 11.2. The largest absolute Gasteiger partial charge is 0.497 e. The number of hydrogen-bond donors (Lipinski definition) is 3. The van der Waals surface area contributed by atoms with Crippen molar-refractivity contribution in [3.05, 3.63) is 59.1 Å². The van der Waals surface area contributed by atoms with Gasteiger partial charge in [0.05, 0.1) is 19.9 Å². The van der Waals surface area contributed by atoms with Crippen molar-refractivity contribution >= 4 is 28.7 Å². The van der Waals surface area contributed by atoms with Gasteiger partial charge in [-0.3, -0.25) is 20.5 Å². The standard InChI is InChI=1S/C21H19N5O4/c1-11-5-13-6-17(30-16(13)8-23-11)21(19(27)24-20(28)25-21)10-26-9-12-3-4-14(29-2)7-15(12)18(26)22/h3-8,22H,9-10H2,1-2H3,(H2,24,25,27,28)/t21-/m0/s1. The van der Waals surface area contributed by atoms with Gasteiger partial charge in [0.25, 0.3) is 5.91 Å². The van der Waals surface area contributed by atoms with Gasteiger partial charge in [0.15, 0.2) is 11.1 Å². The highest BCUT2D eigenvalue weighted by Crippen LogP contribution is 2.34. The molecule has 1 fully saturated rings. The lowest BCUT2D eigenvalue weighted by Gasteiger charge is -2.30. The number of hydrogen-bond acceptors (Lipinski definition) is 6. The van der Waals surface area contributed by atoms with Crippen LogP contribution in [0.1, 0.15) is 22.6 Å². The fourth-order valence-electron chi connectivity index (χ4n) is 4.04. The summed E-state index contributed by atoms with van der Waals surface area (Å²) in [6.07, 6.45) is 1.59. The minimum atomic E-state index is -1.46. The molecule has 0 bridgehead atoms. The molecule has 152 valence electrons. The summed E-state index contributed by atoms with van der Waals surface area (Å²) in [6, 6.07) is 8.53. The molecule has 0 unspecified atom stereocenters. The van der Waals surface area contributed by atoms with Gasteiger partial charge in [-0.2, -0.15) is 0 Å². The summed E-state index contributed by atoms with van der Waals surface area (Å²) in [6.45, 7) is 2.35. The number of urea groups is 1. The van der Waals surface area contributed by atoms with E-state index in [0.717, 1.165) is 22.2 Å². The minimum Gasteiger partial charge on any atom is -0.497 e. The number of nitrogens with one attached hydrogen (secondary N) is 3. The van der Waals surface area contributed by atoms with Crippen molar-refractivity contribution in [1.82, 2.24) is 20.5 Å². The zero-order valence-corrected chi connectivity index (χ0v) is 16.4. The van der Waals surface area contributed by atoms with Gasteiger partial charge in [-0.1, -0.05) is 6.07 Å². The summed E-state index contributed by atoms with van der Waals surface area (Å²) in [5, 5.41) is 14.4. The molecule has 3 amide bonds. The van der Waals surface area contributed by atoms with E-state index < -0.39 is 17.5 Å². The van der Waals surface area contributed by atoms with Gasteiger partial charge in [0.2, 0.25) is 0 Å². The fraction of sp³-hybridized carbons (Fsp3) is 0.238. The monoisotopic (exact) mass is 405 g/mol. The van der Waals surface area contributed by atoms with E-state index in [2.05, 4.69) is 15.6 Å². The first kappa shape index (κ1) is 18.2. The Balaban J connectivity index is 1.55. The molecule has 30 heavy (non-hydrogen) atoms. The zero-order chi connectivity index (χ0) is 21.0. The highest BCUT2D eigenvalue weighted by atomic mass is 16.5. The van der Waals surface area contributed by atoms with E-state index in [9.17, 15) is 9.59 Å². The summed E-state index contributed by atoms with van der Waals surface area (Å²) in [5.74, 6) is 0.695. The predicted molar refractivity (Wildman–Crippen MR) is 107 cm³/mol. The van der Waals surface area contributed by atoms with Gasteiger partial charge in [-0.15, -0.1) is 0 Å². The van der Waals surface area contributed by atoms with Crippen molar-refractivity contribution in [1.29, 1.82) is 5.41 Å². The average molecular weight is 405 g/mol. The van der Waals surface area contributed by atoms with Gasteiger partial charge < -0.3 is 19.4 Å². The van der Waals surface area contributed by atoms with Crippen LogP contribution in [0.4, 0.5) is 4.79 Å². The van der Waals surface area contributed by atoms with Crippen LogP contribution in [0.5, 0.6) is 5.75 Å². The number of ether oxygens (including phenoxy) is 1. The summed E-state index contributed by atoms with van der Waals surface area (Å²) >= 11 is 0. The van der Waals surface area contributed by atoms with E-state index in [0.29, 0.717) is 23.6 Å². The van der Waals surface area contributed by atoms with Crippen molar-refractivity contribution in [3.63, 3.8) is 0 Å². The van der Waals surface area contributed by atoms with E-state index >= 15 is 0 Å². The lowest BCUT2D eigenvalue weighted by Crippen LogP contribution is -2.52. The lowest BCUT2D eigenvalue weighted by atomic mass is 9.95. The molecule has 1 aromatic carbocycles. The highest BCUT2D eigenvalue weighted by Gasteiger charge is 2.52. The van der Waals surface area contributed by atoms with Crippen LogP contribution in [0.2, 0.25) is 0 Å². The Kier molecular flexibility index (Phi) is 3.82. The fourth-order valence-corrected chi connectivity index (χ4v) is 4.04. The topological polar surface area (TPSA) is 121 Å². The molecule has 9 nitrogen and oxygen atoms in total. The molecule has 2 aliphatic heterocycles. The number of fused-ring (bicyclic) bond motifs is 2. The quantitative estimate of drug-likeness (QED) is 0.571. The second-order valence-electron chi connectivity index (χ2n) is 7.52. The van der Waals surface area contributed by atoms with Crippen molar-refractivity contribution in [2.24, 2.45) is 0 Å². The molecule has 2 aromatic heterocycles. The smallest absolute Gasteiger partial charge is 0.322 e. The van der Waals surface area contributed by atoms with Crippen LogP contribution in [0.3, 0.4) is 0 Å². The minimum absolute atomic E-state index is 0.0482. The molecule has 3 N–H and O–H groups in total. The van der Waals surface area contributed by atoms with Crippen LogP contribution in [-0.2, 0) is 16.9 Å². The number of amides is 3. The van der Waals surface area contributed by atoms with E-state index in [1.54, 1.807) is 30.3 Å². The number of amidine groups is 1. The van der Waals surface area contributed by atoms with Crippen LogP contribution in [0, 0.1) is 12.3 Å². The number of aromatic nitrogens is 1. The molecule has 1 saturated heterocycles. The maximum atomic E-state index is 12.9. The third kappa shape index (κ3) is 2.62. The number of benzene rings is 1. The molecule has 5 rings (SSSR count). The number of methoxy groups -OCH3 is 1. The zero-order valence-electron chi connectivity index (χ0n) is 16.4.